The Bertz CT molecular complexity index is 685. The number of aromatic nitrogens is 4. The molecule has 2 aromatic rings. The molecule has 1 aliphatic rings. The van der Waals surface area contributed by atoms with Crippen LogP contribution in [0.1, 0.15) is 31.5 Å². The zero-order valence-corrected chi connectivity index (χ0v) is 13.5. The normalized spacial score (nSPS) is 17.7. The number of carbonyl (C=O) groups excluding carboxylic acids is 1. The summed E-state index contributed by atoms with van der Waals surface area (Å²) in [6.07, 6.45) is 7.12. The van der Waals surface area contributed by atoms with Crippen molar-refractivity contribution in [3.63, 3.8) is 0 Å². The highest BCUT2D eigenvalue weighted by atomic mass is 16.5. The molecule has 0 aliphatic carbocycles. The summed E-state index contributed by atoms with van der Waals surface area (Å²) >= 11 is 0. The van der Waals surface area contributed by atoms with Gasteiger partial charge in [0.25, 0.3) is 0 Å². The van der Waals surface area contributed by atoms with Crippen LogP contribution in [0.3, 0.4) is 0 Å². The number of methoxy groups -OCH3 is 1. The Morgan fingerprint density at radius 3 is 3.09 bits per heavy atom. The smallest absolute Gasteiger partial charge is 0.249 e. The van der Waals surface area contributed by atoms with Crippen molar-refractivity contribution in [2.75, 3.05) is 20.3 Å². The summed E-state index contributed by atoms with van der Waals surface area (Å²) in [5.41, 5.74) is 2.55. The van der Waals surface area contributed by atoms with Gasteiger partial charge in [-0.05, 0) is 25.8 Å². The molecule has 0 bridgehead atoms. The molecule has 0 aromatic carbocycles. The van der Waals surface area contributed by atoms with Gasteiger partial charge in [-0.3, -0.25) is 14.5 Å². The van der Waals surface area contributed by atoms with E-state index in [1.165, 1.54) is 7.11 Å². The van der Waals surface area contributed by atoms with Gasteiger partial charge in [0.15, 0.2) is 0 Å². The summed E-state index contributed by atoms with van der Waals surface area (Å²) < 4.78 is 6.86. The number of hydrogen-bond acceptors (Lipinski definition) is 5. The van der Waals surface area contributed by atoms with Gasteiger partial charge >= 0.3 is 0 Å². The van der Waals surface area contributed by atoms with E-state index < -0.39 is 0 Å². The highest BCUT2D eigenvalue weighted by Gasteiger charge is 2.31. The number of carbonyl (C=O) groups is 1. The zero-order chi connectivity index (χ0) is 16.2. The molecule has 7 nitrogen and oxygen atoms in total. The highest BCUT2D eigenvalue weighted by molar-refractivity contribution is 5.78. The van der Waals surface area contributed by atoms with Gasteiger partial charge in [0.1, 0.15) is 12.3 Å². The molecule has 1 atom stereocenters. The second kappa shape index (κ2) is 6.87. The molecular weight excluding hydrogens is 294 g/mol. The first-order chi connectivity index (χ1) is 11.2. The SMILES string of the molecule is CCn1nccc1-c1cncc([C@H]2CCCN2C(=O)COC)n1. The average molecular weight is 315 g/mol. The maximum absolute atomic E-state index is 12.2. The maximum Gasteiger partial charge on any atom is 0.249 e. The molecule has 1 saturated heterocycles. The summed E-state index contributed by atoms with van der Waals surface area (Å²) in [6.45, 7) is 3.66. The molecule has 0 unspecified atom stereocenters. The van der Waals surface area contributed by atoms with Crippen molar-refractivity contribution >= 4 is 5.91 Å². The summed E-state index contributed by atoms with van der Waals surface area (Å²) in [5.74, 6) is 0.000744. The van der Waals surface area contributed by atoms with E-state index in [4.69, 9.17) is 9.72 Å². The van der Waals surface area contributed by atoms with Crippen molar-refractivity contribution in [3.8, 4) is 11.4 Å². The van der Waals surface area contributed by atoms with E-state index >= 15 is 0 Å². The van der Waals surface area contributed by atoms with Crippen molar-refractivity contribution in [2.24, 2.45) is 0 Å². The fourth-order valence-corrected chi connectivity index (χ4v) is 3.05. The lowest BCUT2D eigenvalue weighted by Crippen LogP contribution is -2.33. The fraction of sp³-hybridized carbons (Fsp3) is 0.500. The van der Waals surface area contributed by atoms with Crippen molar-refractivity contribution < 1.29 is 9.53 Å². The first kappa shape index (κ1) is 15.6. The molecule has 1 amide bonds. The molecule has 1 fully saturated rings. The molecule has 122 valence electrons. The molecule has 23 heavy (non-hydrogen) atoms. The number of ether oxygens (including phenoxy) is 1. The molecule has 2 aromatic heterocycles. The molecule has 0 radical (unpaired) electrons. The van der Waals surface area contributed by atoms with Gasteiger partial charge in [-0.2, -0.15) is 5.10 Å². The van der Waals surface area contributed by atoms with E-state index in [2.05, 4.69) is 10.1 Å². The largest absolute Gasteiger partial charge is 0.375 e. The Morgan fingerprint density at radius 2 is 2.30 bits per heavy atom. The van der Waals surface area contributed by atoms with Crippen LogP contribution in [0, 0.1) is 0 Å². The van der Waals surface area contributed by atoms with Crippen LogP contribution in [-0.4, -0.2) is 50.8 Å². The second-order valence-electron chi connectivity index (χ2n) is 5.54. The molecule has 3 heterocycles. The van der Waals surface area contributed by atoms with Gasteiger partial charge in [0.05, 0.1) is 29.8 Å². The summed E-state index contributed by atoms with van der Waals surface area (Å²) in [6, 6.07) is 1.91. The summed E-state index contributed by atoms with van der Waals surface area (Å²) in [4.78, 5) is 23.1. The van der Waals surface area contributed by atoms with Gasteiger partial charge in [-0.1, -0.05) is 0 Å². The van der Waals surface area contributed by atoms with E-state index in [9.17, 15) is 4.79 Å². The summed E-state index contributed by atoms with van der Waals surface area (Å²) in [7, 11) is 1.54. The van der Waals surface area contributed by atoms with E-state index in [1.54, 1.807) is 18.6 Å². The molecule has 7 heteroatoms. The van der Waals surface area contributed by atoms with E-state index in [1.807, 2.05) is 22.6 Å². The highest BCUT2D eigenvalue weighted by Crippen LogP contribution is 2.31. The van der Waals surface area contributed by atoms with Crippen molar-refractivity contribution in [1.29, 1.82) is 0 Å². The number of likely N-dealkylation sites (tertiary alicyclic amines) is 1. The van der Waals surface area contributed by atoms with Gasteiger partial charge in [-0.15, -0.1) is 0 Å². The van der Waals surface area contributed by atoms with Crippen LogP contribution in [-0.2, 0) is 16.1 Å². The molecule has 0 N–H and O–H groups in total. The quantitative estimate of drug-likeness (QED) is 0.839. The van der Waals surface area contributed by atoms with Gasteiger partial charge in [0.2, 0.25) is 5.91 Å². The van der Waals surface area contributed by atoms with Gasteiger partial charge in [-0.25, -0.2) is 4.98 Å². The Morgan fingerprint density at radius 1 is 1.43 bits per heavy atom. The van der Waals surface area contributed by atoms with Crippen LogP contribution in [0.25, 0.3) is 11.4 Å². The van der Waals surface area contributed by atoms with Crippen LogP contribution in [0.4, 0.5) is 0 Å². The van der Waals surface area contributed by atoms with E-state index in [0.29, 0.717) is 0 Å². The van der Waals surface area contributed by atoms with Crippen LogP contribution >= 0.6 is 0 Å². The number of aryl methyl sites for hydroxylation is 1. The molecular formula is C16H21N5O2. The second-order valence-corrected chi connectivity index (χ2v) is 5.54. The number of nitrogens with zero attached hydrogens (tertiary/aromatic N) is 5. The lowest BCUT2D eigenvalue weighted by atomic mass is 10.1. The topological polar surface area (TPSA) is 73.1 Å². The standard InChI is InChI=1S/C16H21N5O2/c1-3-21-15(6-7-18-21)13-10-17-9-12(19-13)14-5-4-8-20(14)16(22)11-23-2/h6-7,9-10,14H,3-5,8,11H2,1-2H3/t14-/m1/s1. The Balaban J connectivity index is 1.89. The first-order valence-corrected chi connectivity index (χ1v) is 7.87. The van der Waals surface area contributed by atoms with E-state index in [0.717, 1.165) is 43.0 Å². The monoisotopic (exact) mass is 315 g/mol. The van der Waals surface area contributed by atoms with Gasteiger partial charge < -0.3 is 9.64 Å². The van der Waals surface area contributed by atoms with Crippen molar-refractivity contribution in [1.82, 2.24) is 24.6 Å². The average Bonchev–Trinajstić information content (AvgIpc) is 3.24. The Kier molecular flexibility index (Phi) is 4.66. The molecule has 0 spiro atoms. The number of rotatable bonds is 5. The number of hydrogen-bond donors (Lipinski definition) is 0. The Hall–Kier alpha value is -2.28. The molecule has 3 rings (SSSR count). The Labute approximate surface area is 135 Å². The minimum absolute atomic E-state index is 0.000744. The van der Waals surface area contributed by atoms with Crippen LogP contribution in [0.5, 0.6) is 0 Å². The van der Waals surface area contributed by atoms with E-state index in [-0.39, 0.29) is 18.6 Å². The van der Waals surface area contributed by atoms with Crippen molar-refractivity contribution in [2.45, 2.75) is 32.4 Å². The number of amides is 1. The van der Waals surface area contributed by atoms with Crippen LogP contribution in [0.2, 0.25) is 0 Å². The zero-order valence-electron chi connectivity index (χ0n) is 13.5. The molecule has 0 saturated carbocycles. The van der Waals surface area contributed by atoms with Crippen LogP contribution in [0.15, 0.2) is 24.7 Å². The van der Waals surface area contributed by atoms with Gasteiger partial charge in [0, 0.05) is 26.4 Å². The summed E-state index contributed by atoms with van der Waals surface area (Å²) in [5, 5.41) is 4.27. The minimum Gasteiger partial charge on any atom is -0.375 e. The molecule has 1 aliphatic heterocycles. The lowest BCUT2D eigenvalue weighted by Gasteiger charge is -2.24. The van der Waals surface area contributed by atoms with Crippen LogP contribution < -0.4 is 0 Å². The third kappa shape index (κ3) is 3.10. The maximum atomic E-state index is 12.2. The minimum atomic E-state index is -0.0249. The third-order valence-corrected chi connectivity index (χ3v) is 4.11. The first-order valence-electron chi connectivity index (χ1n) is 7.87. The fourth-order valence-electron chi connectivity index (χ4n) is 3.05. The third-order valence-electron chi connectivity index (χ3n) is 4.11. The van der Waals surface area contributed by atoms with Crippen molar-refractivity contribution in [3.05, 3.63) is 30.4 Å². The predicted octanol–water partition coefficient (Wildman–Crippen LogP) is 1.67. The lowest BCUT2D eigenvalue weighted by molar-refractivity contribution is -0.136. The predicted molar refractivity (Wildman–Crippen MR) is 84.5 cm³/mol.